The third-order valence-electron chi connectivity index (χ3n) is 14.2. The fraction of sp³-hybridized carbons (Fsp3) is 0.800. The summed E-state index contributed by atoms with van der Waals surface area (Å²) in [5.41, 5.74) is 32.7. The fourth-order valence-electron chi connectivity index (χ4n) is 10.9. The summed E-state index contributed by atoms with van der Waals surface area (Å²) in [6, 6.07) is -2.74. The molecule has 0 bridgehead atoms. The van der Waals surface area contributed by atoms with Crippen LogP contribution in [0.1, 0.15) is 120 Å². The molecule has 3 fully saturated rings. The zero-order valence-electron chi connectivity index (χ0n) is 41.7. The largest absolute Gasteiger partial charge is 0.481 e. The van der Waals surface area contributed by atoms with Crippen LogP contribution >= 0.6 is 0 Å². The average Bonchev–Trinajstić information content (AvgIpc) is 3.85. The number of rotatable bonds is 21. The van der Waals surface area contributed by atoms with Crippen molar-refractivity contribution in [3.8, 4) is 0 Å². The van der Waals surface area contributed by atoms with Gasteiger partial charge in [0.05, 0.1) is 54.2 Å². The number of carboxylic acid groups (broad SMARTS) is 3. The molecule has 24 heteroatoms. The van der Waals surface area contributed by atoms with Crippen LogP contribution in [-0.4, -0.2) is 139 Å². The lowest BCUT2D eigenvalue weighted by atomic mass is 9.80. The van der Waals surface area contributed by atoms with Crippen LogP contribution in [0.4, 0.5) is 0 Å². The van der Waals surface area contributed by atoms with Crippen molar-refractivity contribution in [2.45, 2.75) is 175 Å². The lowest BCUT2D eigenvalue weighted by molar-refractivity contribution is -0.146. The highest BCUT2D eigenvalue weighted by Gasteiger charge is 2.53. The summed E-state index contributed by atoms with van der Waals surface area (Å²) in [4.78, 5) is 81.3. The molecule has 0 aliphatic heterocycles. The molecule has 21 N–H and O–H groups in total. The Labute approximate surface area is 405 Å². The van der Waals surface area contributed by atoms with Gasteiger partial charge in [-0.25, -0.2) is 15.0 Å². The van der Waals surface area contributed by atoms with E-state index in [4.69, 9.17) is 34.4 Å². The molecule has 0 aromatic rings. The number of aliphatic imine (C=N–C) groups is 3. The summed E-state index contributed by atoms with van der Waals surface area (Å²) in [6.45, 7) is 16.2. The number of aliphatic hydroxyl groups excluding tert-OH is 3. The summed E-state index contributed by atoms with van der Waals surface area (Å²) in [5, 5.41) is 68.2. The third-order valence-corrected chi connectivity index (χ3v) is 14.2. The second kappa shape index (κ2) is 28.9. The average molecular weight is 985 g/mol. The molecule has 396 valence electrons. The van der Waals surface area contributed by atoms with Crippen molar-refractivity contribution in [2.24, 2.45) is 103 Å². The number of amides is 3. The molecule has 3 amide bonds. The highest BCUT2D eigenvalue weighted by atomic mass is 16.4. The van der Waals surface area contributed by atoms with Gasteiger partial charge in [-0.3, -0.25) is 28.8 Å². The van der Waals surface area contributed by atoms with Crippen molar-refractivity contribution in [3.05, 3.63) is 0 Å². The Hall–Kier alpha value is -5.49. The van der Waals surface area contributed by atoms with Crippen molar-refractivity contribution in [3.63, 3.8) is 0 Å². The Bertz CT molecular complexity index is 1580. The number of nitrogens with zero attached hydrogens (tertiary/aromatic N) is 3. The maximum absolute atomic E-state index is 11.6. The normalized spacial score (nSPS) is 28.4. The number of carbonyl (C=O) groups excluding carboxylic acids is 3. The number of hydrogen-bond donors (Lipinski definition) is 15. The monoisotopic (exact) mass is 985 g/mol. The molecule has 3 aliphatic rings. The number of guanidine groups is 3. The van der Waals surface area contributed by atoms with E-state index in [0.717, 1.165) is 38.5 Å². The van der Waals surface area contributed by atoms with Crippen LogP contribution in [0.15, 0.2) is 15.0 Å². The number of hydrogen-bond acceptors (Lipinski definition) is 12. The first kappa shape index (κ1) is 61.5. The van der Waals surface area contributed by atoms with Crippen molar-refractivity contribution in [1.82, 2.24) is 16.0 Å². The molecular weight excluding hydrogens is 901 g/mol. The van der Waals surface area contributed by atoms with E-state index in [1.165, 1.54) is 20.8 Å². The SMILES string of the molecule is CCC(CC)[C@H](NC(C)=O)[C@@H]1[C@H](O)[C@@H](C(=O)O)C[C@H]1N=C(N)N.CCC(CC)[C@H](NC(C)=O)[C@@H]1[C@H](O)[C@@H](C(=O)O)C[C@H]1N=C(N)N.CCC(CC)[C@H](NC(C)=O)[C@@H]1[C@H](O)[C@@H](C(=O)O)C[C@H]1N=C(N)N. The molecule has 0 aromatic heterocycles. The molecular formula is C45H84N12O12. The second-order valence-electron chi connectivity index (χ2n) is 18.5. The van der Waals surface area contributed by atoms with Crippen molar-refractivity contribution in [1.29, 1.82) is 0 Å². The van der Waals surface area contributed by atoms with E-state index >= 15 is 0 Å². The Morgan fingerprint density at radius 1 is 0.435 bits per heavy atom. The Kier molecular flexibility index (Phi) is 25.7. The number of carbonyl (C=O) groups is 6. The van der Waals surface area contributed by atoms with Gasteiger partial charge in [-0.15, -0.1) is 0 Å². The van der Waals surface area contributed by atoms with Gasteiger partial charge in [0, 0.05) is 56.7 Å². The van der Waals surface area contributed by atoms with Gasteiger partial charge >= 0.3 is 17.9 Å². The fourth-order valence-corrected chi connectivity index (χ4v) is 10.9. The van der Waals surface area contributed by atoms with Crippen LogP contribution in [0.25, 0.3) is 0 Å². The van der Waals surface area contributed by atoms with Crippen molar-refractivity contribution in [2.75, 3.05) is 0 Å². The molecule has 0 spiro atoms. The van der Waals surface area contributed by atoms with Crippen molar-refractivity contribution >= 4 is 53.5 Å². The van der Waals surface area contributed by atoms with E-state index in [1.807, 2.05) is 41.5 Å². The molecule has 0 aromatic carbocycles. The van der Waals surface area contributed by atoms with E-state index in [0.29, 0.717) is 0 Å². The highest BCUT2D eigenvalue weighted by molar-refractivity contribution is 5.78. The smallest absolute Gasteiger partial charge is 0.309 e. The molecule has 3 aliphatic carbocycles. The van der Waals surface area contributed by atoms with E-state index in [-0.39, 0.29) is 90.7 Å². The minimum atomic E-state index is -1.11. The Morgan fingerprint density at radius 2 is 0.623 bits per heavy atom. The molecule has 0 radical (unpaired) electrons. The van der Waals surface area contributed by atoms with Gasteiger partial charge in [-0.1, -0.05) is 80.1 Å². The summed E-state index contributed by atoms with van der Waals surface area (Å²) >= 11 is 0. The predicted octanol–water partition coefficient (Wildman–Crippen LogP) is -1.05. The van der Waals surface area contributed by atoms with Gasteiger partial charge in [0.2, 0.25) is 17.7 Å². The molecule has 69 heavy (non-hydrogen) atoms. The molecule has 15 atom stereocenters. The lowest BCUT2D eigenvalue weighted by Crippen LogP contribution is -2.51. The van der Waals surface area contributed by atoms with Gasteiger partial charge in [-0.2, -0.15) is 0 Å². The lowest BCUT2D eigenvalue weighted by Gasteiger charge is -2.35. The van der Waals surface area contributed by atoms with Gasteiger partial charge in [0.15, 0.2) is 17.9 Å². The molecule has 3 rings (SSSR count). The standard InChI is InChI=1S/3C15H28N4O4/c3*1-4-8(5-2)12(18-7(3)20)11-10(19-15(16)17)6-9(13(11)21)14(22)23/h3*8-13,21H,4-6H2,1-3H3,(H,18,20)(H,22,23)(H4,16,17,19)/t3*9-,10+,11+,12-,13+/m000/s1. The van der Waals surface area contributed by atoms with E-state index in [1.54, 1.807) is 0 Å². The minimum absolute atomic E-state index is 0.0998. The maximum atomic E-state index is 11.6. The van der Waals surface area contributed by atoms with Crippen LogP contribution in [0.5, 0.6) is 0 Å². The topological polar surface area (TPSA) is 453 Å². The number of nitrogens with one attached hydrogen (secondary N) is 3. The zero-order chi connectivity index (χ0) is 53.2. The summed E-state index contributed by atoms with van der Waals surface area (Å²) in [7, 11) is 0. The first-order valence-electron chi connectivity index (χ1n) is 24.0. The molecule has 0 saturated heterocycles. The first-order chi connectivity index (χ1) is 32.2. The summed E-state index contributed by atoms with van der Waals surface area (Å²) < 4.78 is 0. The second-order valence-corrected chi connectivity index (χ2v) is 18.5. The number of aliphatic carboxylic acids is 3. The predicted molar refractivity (Wildman–Crippen MR) is 260 cm³/mol. The van der Waals surface area contributed by atoms with Gasteiger partial charge in [0.25, 0.3) is 0 Å². The van der Waals surface area contributed by atoms with Crippen LogP contribution in [0.2, 0.25) is 0 Å². The van der Waals surface area contributed by atoms with Crippen LogP contribution < -0.4 is 50.4 Å². The summed E-state index contributed by atoms with van der Waals surface area (Å²) in [6.07, 6.45) is 1.84. The number of aliphatic hydroxyl groups is 3. The number of carboxylic acids is 3. The maximum Gasteiger partial charge on any atom is 0.309 e. The zero-order valence-corrected chi connectivity index (χ0v) is 41.7. The third kappa shape index (κ3) is 17.5. The van der Waals surface area contributed by atoms with Crippen LogP contribution in [0.3, 0.4) is 0 Å². The Balaban J connectivity index is 0.000000517. The summed E-state index contributed by atoms with van der Waals surface area (Å²) in [5.74, 6) is -8.51. The molecule has 24 nitrogen and oxygen atoms in total. The number of nitrogens with two attached hydrogens (primary N) is 6. The Morgan fingerprint density at radius 3 is 0.754 bits per heavy atom. The first-order valence-corrected chi connectivity index (χ1v) is 24.0. The molecule has 0 heterocycles. The van der Waals surface area contributed by atoms with E-state index in [2.05, 4.69) is 30.9 Å². The van der Waals surface area contributed by atoms with Gasteiger partial charge < -0.3 is 81.0 Å². The van der Waals surface area contributed by atoms with E-state index in [9.17, 15) is 59.4 Å². The van der Waals surface area contributed by atoms with Crippen LogP contribution in [-0.2, 0) is 28.8 Å². The van der Waals surface area contributed by atoms with Gasteiger partial charge in [-0.05, 0) is 37.0 Å². The van der Waals surface area contributed by atoms with Crippen LogP contribution in [0, 0.1) is 53.3 Å². The minimum Gasteiger partial charge on any atom is -0.481 e. The van der Waals surface area contributed by atoms with E-state index < -0.39 is 89.9 Å². The quantitative estimate of drug-likeness (QED) is 0.0482. The van der Waals surface area contributed by atoms with Crippen molar-refractivity contribution < 1.29 is 59.4 Å². The highest BCUT2D eigenvalue weighted by Crippen LogP contribution is 2.42. The van der Waals surface area contributed by atoms with Gasteiger partial charge in [0.1, 0.15) is 0 Å². The molecule has 0 unspecified atom stereocenters. The molecule has 3 saturated carbocycles.